The molecule has 1 N–H and O–H groups in total. The Morgan fingerprint density at radius 1 is 1.14 bits per heavy atom. The predicted molar refractivity (Wildman–Crippen MR) is 111 cm³/mol. The summed E-state index contributed by atoms with van der Waals surface area (Å²) in [5.41, 5.74) is 2.48. The topological polar surface area (TPSA) is 90.1 Å². The number of amides is 1. The molecule has 3 aromatic carbocycles. The van der Waals surface area contributed by atoms with E-state index < -0.39 is 4.92 Å². The third-order valence-corrected chi connectivity index (χ3v) is 4.76. The largest absolute Gasteiger partial charge is 0.319 e. The third-order valence-electron chi connectivity index (χ3n) is 4.76. The van der Waals surface area contributed by atoms with Gasteiger partial charge < -0.3 is 5.32 Å². The van der Waals surface area contributed by atoms with Crippen LogP contribution in [0.2, 0.25) is 0 Å². The van der Waals surface area contributed by atoms with Gasteiger partial charge in [0.25, 0.3) is 11.6 Å². The first-order valence-electron chi connectivity index (χ1n) is 9.07. The van der Waals surface area contributed by atoms with Crippen molar-refractivity contribution in [2.45, 2.75) is 13.5 Å². The van der Waals surface area contributed by atoms with Crippen LogP contribution in [0.3, 0.4) is 0 Å². The molecule has 0 atom stereocenters. The summed E-state index contributed by atoms with van der Waals surface area (Å²) in [6, 6.07) is 18.6. The molecule has 29 heavy (non-hydrogen) atoms. The van der Waals surface area contributed by atoms with Gasteiger partial charge >= 0.3 is 0 Å². The van der Waals surface area contributed by atoms with Crippen LogP contribution >= 0.6 is 0 Å². The molecule has 0 fully saturated rings. The van der Waals surface area contributed by atoms with Crippen LogP contribution < -0.4 is 5.32 Å². The highest BCUT2D eigenvalue weighted by Gasteiger charge is 2.14. The van der Waals surface area contributed by atoms with Crippen LogP contribution in [0.15, 0.2) is 73.1 Å². The summed E-state index contributed by atoms with van der Waals surface area (Å²) < 4.78 is 1.76. The fourth-order valence-corrected chi connectivity index (χ4v) is 3.32. The maximum Gasteiger partial charge on any atom is 0.272 e. The zero-order chi connectivity index (χ0) is 20.4. The Morgan fingerprint density at radius 2 is 1.93 bits per heavy atom. The van der Waals surface area contributed by atoms with Crippen molar-refractivity contribution >= 4 is 28.1 Å². The van der Waals surface area contributed by atoms with Crippen LogP contribution in [-0.2, 0) is 6.54 Å². The molecule has 0 unspecified atom stereocenters. The van der Waals surface area contributed by atoms with E-state index in [1.54, 1.807) is 24.0 Å². The van der Waals surface area contributed by atoms with Gasteiger partial charge in [-0.1, -0.05) is 42.5 Å². The van der Waals surface area contributed by atoms with Gasteiger partial charge in [-0.05, 0) is 35.4 Å². The molecule has 0 aliphatic carbocycles. The first-order valence-corrected chi connectivity index (χ1v) is 9.07. The van der Waals surface area contributed by atoms with E-state index in [0.29, 0.717) is 23.4 Å². The van der Waals surface area contributed by atoms with Crippen molar-refractivity contribution in [2.75, 3.05) is 5.32 Å². The Balaban J connectivity index is 1.50. The Kier molecular flexibility index (Phi) is 4.78. The van der Waals surface area contributed by atoms with Gasteiger partial charge in [-0.3, -0.25) is 19.6 Å². The molecule has 4 aromatic rings. The van der Waals surface area contributed by atoms with Crippen molar-refractivity contribution in [3.8, 4) is 0 Å². The molecular formula is C22H18N4O3. The molecule has 1 amide bonds. The SMILES string of the molecule is Cc1cc(C(=O)Nc2cnn(Cc3cccc4ccccc34)c2)ccc1[N+](=O)[O-]. The van der Waals surface area contributed by atoms with Gasteiger partial charge in [-0.15, -0.1) is 0 Å². The molecule has 7 nitrogen and oxygen atoms in total. The van der Waals surface area contributed by atoms with Crippen LogP contribution in [0.25, 0.3) is 10.8 Å². The molecule has 0 aliphatic rings. The van der Waals surface area contributed by atoms with Crippen molar-refractivity contribution in [1.29, 1.82) is 0 Å². The standard InChI is InChI=1S/C22H18N4O3/c1-15-11-17(9-10-21(15)26(28)29)22(27)24-19-12-23-25(14-19)13-18-7-4-6-16-5-2-3-8-20(16)18/h2-12,14H,13H2,1H3,(H,24,27). The Morgan fingerprint density at radius 3 is 2.72 bits per heavy atom. The van der Waals surface area contributed by atoms with Gasteiger partial charge in [0, 0.05) is 23.4 Å². The smallest absolute Gasteiger partial charge is 0.272 e. The number of nitrogens with zero attached hydrogens (tertiary/aromatic N) is 3. The minimum absolute atomic E-state index is 0.00976. The van der Waals surface area contributed by atoms with Crippen molar-refractivity contribution < 1.29 is 9.72 Å². The molecule has 0 spiro atoms. The highest BCUT2D eigenvalue weighted by atomic mass is 16.6. The van der Waals surface area contributed by atoms with E-state index in [4.69, 9.17) is 0 Å². The second kappa shape index (κ2) is 7.55. The zero-order valence-corrected chi connectivity index (χ0v) is 15.7. The number of aromatic nitrogens is 2. The molecule has 0 bridgehead atoms. The number of hydrogen-bond acceptors (Lipinski definition) is 4. The summed E-state index contributed by atoms with van der Waals surface area (Å²) in [5.74, 6) is -0.340. The molecular weight excluding hydrogens is 368 g/mol. The zero-order valence-electron chi connectivity index (χ0n) is 15.7. The molecule has 7 heteroatoms. The minimum Gasteiger partial charge on any atom is -0.319 e. The van der Waals surface area contributed by atoms with Gasteiger partial charge in [0.1, 0.15) is 0 Å². The van der Waals surface area contributed by atoms with Crippen LogP contribution in [0.1, 0.15) is 21.5 Å². The maximum absolute atomic E-state index is 12.5. The number of nitro benzene ring substituents is 1. The number of hydrogen-bond donors (Lipinski definition) is 1. The summed E-state index contributed by atoms with van der Waals surface area (Å²) in [4.78, 5) is 22.9. The summed E-state index contributed by atoms with van der Waals surface area (Å²) >= 11 is 0. The number of nitrogens with one attached hydrogen (secondary N) is 1. The molecule has 0 radical (unpaired) electrons. The number of anilines is 1. The van der Waals surface area contributed by atoms with E-state index in [9.17, 15) is 14.9 Å². The summed E-state index contributed by atoms with van der Waals surface area (Å²) in [6.07, 6.45) is 3.35. The lowest BCUT2D eigenvalue weighted by Crippen LogP contribution is -2.12. The monoisotopic (exact) mass is 386 g/mol. The summed E-state index contributed by atoms with van der Waals surface area (Å²) in [6.45, 7) is 2.19. The molecule has 0 saturated carbocycles. The quantitative estimate of drug-likeness (QED) is 0.402. The molecule has 1 aromatic heterocycles. The van der Waals surface area contributed by atoms with E-state index in [0.717, 1.165) is 10.9 Å². The first kappa shape index (κ1) is 18.4. The molecule has 1 heterocycles. The van der Waals surface area contributed by atoms with Crippen molar-refractivity contribution in [3.05, 3.63) is 99.9 Å². The molecule has 144 valence electrons. The number of benzene rings is 3. The number of carbonyl (C=O) groups is 1. The van der Waals surface area contributed by atoms with Crippen LogP contribution in [0.4, 0.5) is 11.4 Å². The number of carbonyl (C=O) groups excluding carboxylic acids is 1. The predicted octanol–water partition coefficient (Wildman–Crippen LogP) is 4.55. The number of fused-ring (bicyclic) bond motifs is 1. The second-order valence-electron chi connectivity index (χ2n) is 6.78. The fourth-order valence-electron chi connectivity index (χ4n) is 3.32. The van der Waals surface area contributed by atoms with E-state index in [1.165, 1.54) is 23.6 Å². The highest BCUT2D eigenvalue weighted by Crippen LogP contribution is 2.21. The van der Waals surface area contributed by atoms with E-state index in [2.05, 4.69) is 34.7 Å². The normalized spacial score (nSPS) is 10.8. The maximum atomic E-state index is 12.5. The molecule has 4 rings (SSSR count). The van der Waals surface area contributed by atoms with Gasteiger partial charge in [0.05, 0.1) is 23.4 Å². The number of aryl methyl sites for hydroxylation is 1. The van der Waals surface area contributed by atoms with Crippen molar-refractivity contribution in [3.63, 3.8) is 0 Å². The first-order chi connectivity index (χ1) is 14.0. The highest BCUT2D eigenvalue weighted by molar-refractivity contribution is 6.04. The van der Waals surface area contributed by atoms with Crippen LogP contribution in [-0.4, -0.2) is 20.6 Å². The lowest BCUT2D eigenvalue weighted by Gasteiger charge is -2.07. The lowest BCUT2D eigenvalue weighted by molar-refractivity contribution is -0.385. The van der Waals surface area contributed by atoms with Gasteiger partial charge in [0.15, 0.2) is 0 Å². The van der Waals surface area contributed by atoms with Gasteiger partial charge in [-0.25, -0.2) is 0 Å². The summed E-state index contributed by atoms with van der Waals surface area (Å²) in [5, 5.41) is 20.4. The number of rotatable bonds is 5. The van der Waals surface area contributed by atoms with Crippen LogP contribution in [0, 0.1) is 17.0 Å². The minimum atomic E-state index is -0.464. The third kappa shape index (κ3) is 3.84. The Bertz CT molecular complexity index is 1220. The van der Waals surface area contributed by atoms with E-state index >= 15 is 0 Å². The Hall–Kier alpha value is -4.00. The van der Waals surface area contributed by atoms with Crippen LogP contribution in [0.5, 0.6) is 0 Å². The Labute approximate surface area is 166 Å². The summed E-state index contributed by atoms with van der Waals surface area (Å²) in [7, 11) is 0. The van der Waals surface area contributed by atoms with Gasteiger partial charge in [0.2, 0.25) is 0 Å². The fraction of sp³-hybridized carbons (Fsp3) is 0.0909. The average Bonchev–Trinajstić information content (AvgIpc) is 3.14. The second-order valence-corrected chi connectivity index (χ2v) is 6.78. The van der Waals surface area contributed by atoms with Gasteiger partial charge in [-0.2, -0.15) is 5.10 Å². The number of nitro groups is 1. The van der Waals surface area contributed by atoms with Crippen molar-refractivity contribution in [2.24, 2.45) is 0 Å². The lowest BCUT2D eigenvalue weighted by atomic mass is 10.0. The average molecular weight is 386 g/mol. The van der Waals surface area contributed by atoms with E-state index in [-0.39, 0.29) is 11.6 Å². The molecule has 0 saturated heterocycles. The molecule has 0 aliphatic heterocycles. The van der Waals surface area contributed by atoms with Crippen molar-refractivity contribution in [1.82, 2.24) is 9.78 Å². The van der Waals surface area contributed by atoms with E-state index in [1.807, 2.05) is 18.2 Å².